The Labute approximate surface area is 136 Å². The van der Waals surface area contributed by atoms with Gasteiger partial charge in [-0.05, 0) is 52.0 Å². The molecule has 0 aromatic rings. The predicted octanol–water partition coefficient (Wildman–Crippen LogP) is 3.28. The highest BCUT2D eigenvalue weighted by molar-refractivity contribution is 7.15. The molecule has 0 N–H and O–H groups in total. The van der Waals surface area contributed by atoms with Crippen molar-refractivity contribution in [2.24, 2.45) is 0 Å². The molecule has 0 amide bonds. The standard InChI is InChI=1S/C13H28Cl2O3Si2/c1-12(6-3-8-14)17-20(11-5-10-16-19-20)18-13(2)7-4-9-15/h12-13H,3-11,19H2,1-2H3. The number of halogens is 2. The SMILES string of the molecule is CC(CCCCl)O[Si]1(OC(C)CCCCl)CCCO[SiH2]1. The van der Waals surface area contributed by atoms with Crippen molar-refractivity contribution in [3.8, 4) is 0 Å². The highest BCUT2D eigenvalue weighted by Crippen LogP contribution is 2.25. The van der Waals surface area contributed by atoms with Crippen LogP contribution in [-0.4, -0.2) is 47.9 Å². The second-order valence-corrected chi connectivity index (χ2v) is 13.9. The molecule has 1 heterocycles. The highest BCUT2D eigenvalue weighted by Gasteiger charge is 2.43. The van der Waals surface area contributed by atoms with Crippen LogP contribution in [0.3, 0.4) is 0 Å². The molecule has 120 valence electrons. The van der Waals surface area contributed by atoms with E-state index >= 15 is 0 Å². The molecule has 0 radical (unpaired) electrons. The van der Waals surface area contributed by atoms with Crippen LogP contribution in [0.5, 0.6) is 0 Å². The van der Waals surface area contributed by atoms with E-state index in [9.17, 15) is 0 Å². The molecule has 1 aliphatic heterocycles. The smallest absolute Gasteiger partial charge is 0.342 e. The van der Waals surface area contributed by atoms with E-state index in [0.29, 0.717) is 11.8 Å². The molecule has 3 nitrogen and oxygen atoms in total. The number of hydrogen-bond donors (Lipinski definition) is 0. The maximum absolute atomic E-state index is 6.39. The largest absolute Gasteiger partial charge is 0.421 e. The normalized spacial score (nSPS) is 27.6. The lowest BCUT2D eigenvalue weighted by atomic mass is 10.2. The summed E-state index contributed by atoms with van der Waals surface area (Å²) in [7, 11) is -2.77. The Morgan fingerprint density at radius 1 is 1.10 bits per heavy atom. The number of rotatable bonds is 10. The van der Waals surface area contributed by atoms with Gasteiger partial charge in [-0.15, -0.1) is 23.2 Å². The Morgan fingerprint density at radius 2 is 1.65 bits per heavy atom. The molecule has 0 aromatic heterocycles. The molecule has 0 bridgehead atoms. The van der Waals surface area contributed by atoms with Crippen molar-refractivity contribution in [3.05, 3.63) is 0 Å². The minimum absolute atomic E-state index is 0.231. The second kappa shape index (κ2) is 10.6. The molecule has 0 saturated carbocycles. The first kappa shape index (κ1) is 18.9. The number of hydrogen-bond acceptors (Lipinski definition) is 3. The van der Waals surface area contributed by atoms with Crippen LogP contribution >= 0.6 is 23.2 Å². The second-order valence-electron chi connectivity index (χ2n) is 5.59. The van der Waals surface area contributed by atoms with Crippen molar-refractivity contribution in [3.63, 3.8) is 0 Å². The summed E-state index contributed by atoms with van der Waals surface area (Å²) in [5.74, 6) is 1.40. The Balaban J connectivity index is 2.51. The summed E-state index contributed by atoms with van der Waals surface area (Å²) < 4.78 is 18.6. The van der Waals surface area contributed by atoms with E-state index in [1.807, 2.05) is 0 Å². The molecule has 2 unspecified atom stereocenters. The molecule has 1 rings (SSSR count). The first-order valence-corrected chi connectivity index (χ1v) is 13.7. The molecule has 0 spiro atoms. The molecular formula is C13H28Cl2O3Si2. The third kappa shape index (κ3) is 7.25. The molecule has 0 aromatic carbocycles. The van der Waals surface area contributed by atoms with E-state index in [-0.39, 0.29) is 12.2 Å². The van der Waals surface area contributed by atoms with Gasteiger partial charge in [0, 0.05) is 30.6 Å². The monoisotopic (exact) mass is 358 g/mol. The van der Waals surface area contributed by atoms with Crippen LogP contribution in [0.25, 0.3) is 0 Å². The molecule has 7 heteroatoms. The van der Waals surface area contributed by atoms with Crippen molar-refractivity contribution in [1.82, 2.24) is 0 Å². The van der Waals surface area contributed by atoms with Crippen LogP contribution in [-0.2, 0) is 13.3 Å². The first-order chi connectivity index (χ1) is 9.62. The first-order valence-electron chi connectivity index (χ1n) is 7.67. The zero-order chi connectivity index (χ0) is 14.8. The van der Waals surface area contributed by atoms with Gasteiger partial charge in [0.2, 0.25) is 9.28 Å². The zero-order valence-corrected chi connectivity index (χ0v) is 16.6. The van der Waals surface area contributed by atoms with E-state index in [1.54, 1.807) is 0 Å². The van der Waals surface area contributed by atoms with Gasteiger partial charge in [0.05, 0.1) is 0 Å². The summed E-state index contributed by atoms with van der Waals surface area (Å²) in [4.78, 5) is 0. The molecule has 0 aliphatic carbocycles. The van der Waals surface area contributed by atoms with Crippen molar-refractivity contribution in [2.75, 3.05) is 18.4 Å². The fourth-order valence-electron chi connectivity index (χ4n) is 2.54. The van der Waals surface area contributed by atoms with Crippen LogP contribution < -0.4 is 0 Å². The van der Waals surface area contributed by atoms with Crippen molar-refractivity contribution in [2.45, 2.75) is 64.2 Å². The molecule has 1 aliphatic rings. The van der Waals surface area contributed by atoms with Crippen molar-refractivity contribution < 1.29 is 13.3 Å². The number of alkyl halides is 2. The van der Waals surface area contributed by atoms with Crippen molar-refractivity contribution >= 4 is 40.6 Å². The lowest BCUT2D eigenvalue weighted by molar-refractivity contribution is 0.0875. The fraction of sp³-hybridized carbons (Fsp3) is 1.00. The van der Waals surface area contributed by atoms with Gasteiger partial charge in [0.1, 0.15) is 0 Å². The third-order valence-corrected chi connectivity index (χ3v) is 11.7. The molecule has 2 atom stereocenters. The Kier molecular flexibility index (Phi) is 10.0. The van der Waals surface area contributed by atoms with Gasteiger partial charge < -0.3 is 13.3 Å². The molecule has 1 fully saturated rings. The van der Waals surface area contributed by atoms with Gasteiger partial charge >= 0.3 is 8.08 Å². The Bertz CT molecular complexity index is 236. The molecular weight excluding hydrogens is 331 g/mol. The summed E-state index contributed by atoms with van der Waals surface area (Å²) in [5.41, 5.74) is 0. The molecule has 1 saturated heterocycles. The minimum Gasteiger partial charge on any atom is -0.421 e. The summed E-state index contributed by atoms with van der Waals surface area (Å²) in [6.07, 6.45) is 5.54. The maximum atomic E-state index is 6.39. The van der Waals surface area contributed by atoms with E-state index in [1.165, 1.54) is 0 Å². The van der Waals surface area contributed by atoms with Gasteiger partial charge in [0.25, 0.3) is 0 Å². The van der Waals surface area contributed by atoms with Crippen molar-refractivity contribution in [1.29, 1.82) is 0 Å². The topological polar surface area (TPSA) is 27.7 Å². The van der Waals surface area contributed by atoms with Gasteiger partial charge in [0.15, 0.2) is 0 Å². The van der Waals surface area contributed by atoms with Crippen LogP contribution in [0, 0.1) is 0 Å². The quantitative estimate of drug-likeness (QED) is 0.443. The van der Waals surface area contributed by atoms with Crippen LogP contribution in [0.4, 0.5) is 0 Å². The van der Waals surface area contributed by atoms with Crippen LogP contribution in [0.1, 0.15) is 46.0 Å². The summed E-state index contributed by atoms with van der Waals surface area (Å²) in [5, 5.41) is 0. The minimum atomic E-state index is -2.08. The lowest BCUT2D eigenvalue weighted by Gasteiger charge is -2.38. The van der Waals surface area contributed by atoms with Crippen LogP contribution in [0.2, 0.25) is 6.04 Å². The Morgan fingerprint density at radius 3 is 2.05 bits per heavy atom. The third-order valence-electron chi connectivity index (χ3n) is 3.49. The average molecular weight is 359 g/mol. The van der Waals surface area contributed by atoms with Gasteiger partial charge in [-0.2, -0.15) is 0 Å². The maximum Gasteiger partial charge on any atom is 0.342 e. The van der Waals surface area contributed by atoms with E-state index in [2.05, 4.69) is 13.8 Å². The lowest BCUT2D eigenvalue weighted by Crippen LogP contribution is -2.55. The summed E-state index contributed by atoms with van der Waals surface area (Å²) >= 11 is 11.5. The predicted molar refractivity (Wildman–Crippen MR) is 90.7 cm³/mol. The van der Waals surface area contributed by atoms with Gasteiger partial charge in [-0.3, -0.25) is 0 Å². The van der Waals surface area contributed by atoms with E-state index in [4.69, 9.17) is 36.5 Å². The highest BCUT2D eigenvalue weighted by atomic mass is 35.5. The zero-order valence-electron chi connectivity index (χ0n) is 12.7. The average Bonchev–Trinajstić information content (AvgIpc) is 2.43. The van der Waals surface area contributed by atoms with E-state index in [0.717, 1.165) is 44.8 Å². The van der Waals surface area contributed by atoms with E-state index < -0.39 is 17.4 Å². The summed E-state index contributed by atoms with van der Waals surface area (Å²) in [6.45, 7) is 5.16. The summed E-state index contributed by atoms with van der Waals surface area (Å²) in [6, 6.07) is 1.09. The Hall–Kier alpha value is 0.894. The molecule has 20 heavy (non-hydrogen) atoms. The fourth-order valence-corrected chi connectivity index (χ4v) is 11.1. The van der Waals surface area contributed by atoms with Crippen LogP contribution in [0.15, 0.2) is 0 Å². The van der Waals surface area contributed by atoms with Gasteiger partial charge in [-0.1, -0.05) is 0 Å². The van der Waals surface area contributed by atoms with Gasteiger partial charge in [-0.25, -0.2) is 0 Å².